The van der Waals surface area contributed by atoms with Gasteiger partial charge in [-0.2, -0.15) is 4.89 Å². The van der Waals surface area contributed by atoms with E-state index in [4.69, 9.17) is 9.78 Å². The van der Waals surface area contributed by atoms with Crippen LogP contribution in [0.3, 0.4) is 0 Å². The smallest absolute Gasteiger partial charge is 0.340 e. The second-order valence-corrected chi connectivity index (χ2v) is 17.0. The summed E-state index contributed by atoms with van der Waals surface area (Å²) in [7, 11) is 0. The molecule has 1 aromatic rings. The summed E-state index contributed by atoms with van der Waals surface area (Å²) in [6.07, 6.45) is 0. The summed E-state index contributed by atoms with van der Waals surface area (Å²) in [6, 6.07) is 6.19. The number of amides is 7. The fraction of sp³-hybridized carbons (Fsp3) is 0.611. The van der Waals surface area contributed by atoms with E-state index in [1.165, 1.54) is 95.2 Å². The molecule has 1 aliphatic rings. The predicted octanol–water partition coefficient (Wildman–Crippen LogP) is 1.81. The molecule has 0 aliphatic carbocycles. The maximum absolute atomic E-state index is 13.5. The first-order valence-corrected chi connectivity index (χ1v) is 16.7. The molecule has 16 nitrogen and oxygen atoms in total. The number of hydrogen-bond acceptors (Lipinski definition) is 10. The van der Waals surface area contributed by atoms with Crippen LogP contribution in [0.15, 0.2) is 24.3 Å². The van der Waals surface area contributed by atoms with Gasteiger partial charge in [0.05, 0.1) is 11.1 Å². The van der Waals surface area contributed by atoms with Crippen molar-refractivity contribution in [2.45, 2.75) is 143 Å². The number of benzene rings is 1. The maximum atomic E-state index is 13.5. The Balaban J connectivity index is 2.08. The van der Waals surface area contributed by atoms with Gasteiger partial charge in [0, 0.05) is 0 Å². The number of nitrogens with zero attached hydrogens (tertiary/aromatic N) is 1. The van der Waals surface area contributed by atoms with Crippen LogP contribution >= 0.6 is 0 Å². The van der Waals surface area contributed by atoms with E-state index < -0.39 is 86.2 Å². The van der Waals surface area contributed by atoms with Gasteiger partial charge in [0.1, 0.15) is 38.8 Å². The van der Waals surface area contributed by atoms with Crippen LogP contribution in [0.2, 0.25) is 0 Å². The molecular weight excluding hydrogens is 676 g/mol. The number of hydrogen-bond donors (Lipinski definition) is 5. The van der Waals surface area contributed by atoms with Crippen LogP contribution in [-0.4, -0.2) is 91.1 Å². The average molecular weight is 731 g/mol. The highest BCUT2D eigenvalue weighted by Crippen LogP contribution is 2.30. The predicted molar refractivity (Wildman–Crippen MR) is 189 cm³/mol. The normalized spacial score (nSPS) is 14.2. The molecule has 0 radical (unpaired) electrons. The Morgan fingerprint density at radius 2 is 0.769 bits per heavy atom. The van der Waals surface area contributed by atoms with E-state index in [2.05, 4.69) is 26.6 Å². The van der Waals surface area contributed by atoms with Gasteiger partial charge < -0.3 is 26.6 Å². The molecule has 5 N–H and O–H groups in total. The van der Waals surface area contributed by atoms with E-state index in [0.29, 0.717) is 0 Å². The molecule has 0 unspecified atom stereocenters. The summed E-state index contributed by atoms with van der Waals surface area (Å²) in [5, 5.41) is 12.8. The highest BCUT2D eigenvalue weighted by Gasteiger charge is 2.50. The molecule has 0 saturated carbocycles. The van der Waals surface area contributed by atoms with E-state index >= 15 is 0 Å². The molecule has 0 atom stereocenters. The van der Waals surface area contributed by atoms with Gasteiger partial charge in [-0.05, 0) is 116 Å². The van der Waals surface area contributed by atoms with Crippen molar-refractivity contribution in [3.8, 4) is 0 Å². The second-order valence-electron chi connectivity index (χ2n) is 17.0. The SMILES string of the molecule is CC(C)(C)OOC(=O)C(C)(C)NC(=O)C(C)(C)NC(=O)C(C)(C)NC(=O)C(C)(C)NC(=O)C(C)(C)NC(=O)C(C)(C)N1C(=O)c2ccccc2C1=O. The van der Waals surface area contributed by atoms with Crippen molar-refractivity contribution in [2.24, 2.45) is 0 Å². The van der Waals surface area contributed by atoms with Crippen LogP contribution in [0.5, 0.6) is 0 Å². The van der Waals surface area contributed by atoms with Crippen molar-refractivity contribution in [2.75, 3.05) is 0 Å². The Morgan fingerprint density at radius 3 is 1.08 bits per heavy atom. The summed E-state index contributed by atoms with van der Waals surface area (Å²) in [4.78, 5) is 116. The van der Waals surface area contributed by atoms with Crippen molar-refractivity contribution >= 4 is 47.3 Å². The first-order valence-electron chi connectivity index (χ1n) is 16.7. The molecule has 7 amide bonds. The minimum absolute atomic E-state index is 0.162. The van der Waals surface area contributed by atoms with E-state index in [-0.39, 0.29) is 11.1 Å². The van der Waals surface area contributed by atoms with E-state index in [0.717, 1.165) is 4.90 Å². The van der Waals surface area contributed by atoms with Crippen LogP contribution in [0, 0.1) is 0 Å². The molecule has 1 aliphatic heterocycles. The van der Waals surface area contributed by atoms with Gasteiger partial charge in [-0.1, -0.05) is 12.1 Å². The summed E-state index contributed by atoms with van der Waals surface area (Å²) in [5.41, 5.74) is -10.2. The van der Waals surface area contributed by atoms with Crippen molar-refractivity contribution in [3.05, 3.63) is 35.4 Å². The standard InChI is InChI=1S/C36H54N6O10/c1-30(2,3)52-51-29(50)35(12,13)40-27(48)33(8,9)38-25(46)31(4,5)37-24(45)32(6,7)39-26(47)34(10,11)41-28(49)36(14,15)42-22(43)20-18-16-17-19-21(20)23(42)44/h16-19H,1-15H3,(H,37,45)(H,38,46)(H,39,47)(H,40,48)(H,41,49). The monoisotopic (exact) mass is 730 g/mol. The van der Waals surface area contributed by atoms with Gasteiger partial charge >= 0.3 is 5.97 Å². The topological polar surface area (TPSA) is 218 Å². The Kier molecular flexibility index (Phi) is 11.9. The number of fused-ring (bicyclic) bond motifs is 1. The van der Waals surface area contributed by atoms with Gasteiger partial charge in [0.25, 0.3) is 11.8 Å². The van der Waals surface area contributed by atoms with Gasteiger partial charge in [0.2, 0.25) is 29.5 Å². The molecule has 0 saturated heterocycles. The molecule has 1 heterocycles. The lowest BCUT2D eigenvalue weighted by Gasteiger charge is -2.38. The Bertz CT molecular complexity index is 1630. The van der Waals surface area contributed by atoms with Crippen LogP contribution in [0.25, 0.3) is 0 Å². The number of carbonyl (C=O) groups is 8. The molecule has 288 valence electrons. The molecule has 0 aromatic heterocycles. The van der Waals surface area contributed by atoms with Crippen LogP contribution < -0.4 is 26.6 Å². The summed E-state index contributed by atoms with van der Waals surface area (Å²) in [6.45, 7) is 21.7. The lowest BCUT2D eigenvalue weighted by atomic mass is 9.94. The quantitative estimate of drug-likeness (QED) is 0.113. The van der Waals surface area contributed by atoms with E-state index in [1.807, 2.05) is 0 Å². The highest BCUT2D eigenvalue weighted by molar-refractivity contribution is 6.23. The molecule has 2 rings (SSSR count). The number of nitrogens with one attached hydrogen (secondary N) is 5. The minimum Gasteiger partial charge on any atom is -0.340 e. The van der Waals surface area contributed by atoms with Crippen LogP contribution in [0.1, 0.15) is 125 Å². The van der Waals surface area contributed by atoms with E-state index in [1.54, 1.807) is 32.9 Å². The van der Waals surface area contributed by atoms with Gasteiger partial charge in [-0.3, -0.25) is 43.3 Å². The fourth-order valence-electron chi connectivity index (χ4n) is 4.54. The first kappa shape index (κ1) is 43.3. The van der Waals surface area contributed by atoms with Crippen molar-refractivity contribution in [1.82, 2.24) is 31.5 Å². The van der Waals surface area contributed by atoms with Crippen LogP contribution in [-0.2, 0) is 38.5 Å². The number of carbonyl (C=O) groups excluding carboxylic acids is 8. The molecule has 0 fully saturated rings. The third kappa shape index (κ3) is 9.72. The Labute approximate surface area is 304 Å². The van der Waals surface area contributed by atoms with Gasteiger partial charge in [0.15, 0.2) is 0 Å². The molecule has 0 spiro atoms. The third-order valence-corrected chi connectivity index (χ3v) is 8.19. The van der Waals surface area contributed by atoms with Crippen LogP contribution in [0.4, 0.5) is 0 Å². The zero-order valence-electron chi connectivity index (χ0n) is 32.8. The zero-order valence-corrected chi connectivity index (χ0v) is 32.8. The molecular formula is C36H54N6O10. The lowest BCUT2D eigenvalue weighted by Crippen LogP contribution is -2.69. The fourth-order valence-corrected chi connectivity index (χ4v) is 4.54. The Morgan fingerprint density at radius 1 is 0.481 bits per heavy atom. The number of imide groups is 1. The van der Waals surface area contributed by atoms with Gasteiger partial charge in [-0.15, -0.1) is 0 Å². The molecule has 0 bridgehead atoms. The highest BCUT2D eigenvalue weighted by atomic mass is 17.2. The van der Waals surface area contributed by atoms with Crippen molar-refractivity contribution in [1.29, 1.82) is 0 Å². The Hall–Kier alpha value is -4.86. The first-order chi connectivity index (χ1) is 23.2. The molecule has 1 aromatic carbocycles. The summed E-state index contributed by atoms with van der Waals surface area (Å²) < 4.78 is 0. The zero-order chi connectivity index (χ0) is 40.6. The average Bonchev–Trinajstić information content (AvgIpc) is 3.24. The molecule has 16 heteroatoms. The summed E-state index contributed by atoms with van der Waals surface area (Å²) >= 11 is 0. The lowest BCUT2D eigenvalue weighted by molar-refractivity contribution is -0.323. The van der Waals surface area contributed by atoms with Gasteiger partial charge in [-0.25, -0.2) is 4.79 Å². The summed E-state index contributed by atoms with van der Waals surface area (Å²) in [5.74, 6) is -6.02. The minimum atomic E-state index is -1.70. The maximum Gasteiger partial charge on any atom is 0.366 e. The number of rotatable bonds is 13. The largest absolute Gasteiger partial charge is 0.366 e. The molecule has 52 heavy (non-hydrogen) atoms. The van der Waals surface area contributed by atoms with E-state index in [9.17, 15) is 38.4 Å². The second kappa shape index (κ2) is 14.3. The third-order valence-electron chi connectivity index (χ3n) is 8.19. The van der Waals surface area contributed by atoms with Crippen molar-refractivity contribution in [3.63, 3.8) is 0 Å². The van der Waals surface area contributed by atoms with Crippen molar-refractivity contribution < 1.29 is 48.1 Å².